The summed E-state index contributed by atoms with van der Waals surface area (Å²) in [7, 11) is 0. The van der Waals surface area contributed by atoms with Crippen LogP contribution in [0.25, 0.3) is 0 Å². The summed E-state index contributed by atoms with van der Waals surface area (Å²) in [6.45, 7) is 4.13. The average molecular weight is 475 g/mol. The largest absolute Gasteiger partial charge is 0.486 e. The fourth-order valence-corrected chi connectivity index (χ4v) is 4.27. The van der Waals surface area contributed by atoms with E-state index in [0.717, 1.165) is 54.0 Å². The van der Waals surface area contributed by atoms with Gasteiger partial charge in [-0.2, -0.15) is 0 Å². The van der Waals surface area contributed by atoms with Gasteiger partial charge in [0.05, 0.1) is 6.42 Å². The van der Waals surface area contributed by atoms with Crippen LogP contribution in [0.5, 0.6) is 11.5 Å². The van der Waals surface area contributed by atoms with Gasteiger partial charge in [0.2, 0.25) is 5.91 Å². The van der Waals surface area contributed by atoms with Crippen LogP contribution in [0.3, 0.4) is 0 Å². The van der Waals surface area contributed by atoms with Gasteiger partial charge in [0.25, 0.3) is 0 Å². The molecule has 7 nitrogen and oxygen atoms in total. The van der Waals surface area contributed by atoms with Crippen molar-refractivity contribution in [3.05, 3.63) is 46.6 Å². The second-order valence-corrected chi connectivity index (χ2v) is 8.83. The molecular formula is C22H27BrN4O3. The van der Waals surface area contributed by atoms with Gasteiger partial charge < -0.3 is 20.5 Å². The smallest absolute Gasteiger partial charge is 0.224 e. The lowest BCUT2D eigenvalue weighted by atomic mass is 9.96. The van der Waals surface area contributed by atoms with E-state index in [2.05, 4.69) is 31.1 Å². The molecule has 4 rings (SSSR count). The van der Waals surface area contributed by atoms with Gasteiger partial charge in [0.1, 0.15) is 18.5 Å². The van der Waals surface area contributed by atoms with Gasteiger partial charge in [0.15, 0.2) is 11.5 Å². The van der Waals surface area contributed by atoms with Crippen LogP contribution in [-0.4, -0.2) is 54.7 Å². The summed E-state index contributed by atoms with van der Waals surface area (Å²) in [6, 6.07) is 9.48. The first kappa shape index (κ1) is 20.9. The summed E-state index contributed by atoms with van der Waals surface area (Å²) in [5.74, 6) is 2.51. The number of nitrogens with two attached hydrogens (primary N) is 1. The normalized spacial score (nSPS) is 19.4. The third kappa shape index (κ3) is 5.43. The number of benzene rings is 1. The number of piperidine rings is 1. The van der Waals surface area contributed by atoms with Crippen molar-refractivity contribution in [1.29, 1.82) is 0 Å². The van der Waals surface area contributed by atoms with Crippen LogP contribution in [0.4, 0.5) is 5.82 Å². The fraction of sp³-hybridized carbons (Fsp3) is 0.455. The Morgan fingerprint density at radius 3 is 2.90 bits per heavy atom. The number of anilines is 1. The maximum atomic E-state index is 12.2. The van der Waals surface area contributed by atoms with Crippen molar-refractivity contribution < 1.29 is 14.3 Å². The molecular weight excluding hydrogens is 448 g/mol. The number of ether oxygens (including phenoxy) is 2. The summed E-state index contributed by atoms with van der Waals surface area (Å²) >= 11 is 3.48. The number of rotatable bonds is 6. The number of aromatic nitrogens is 1. The van der Waals surface area contributed by atoms with E-state index in [0.29, 0.717) is 24.9 Å². The first-order valence-corrected chi connectivity index (χ1v) is 11.1. The van der Waals surface area contributed by atoms with Gasteiger partial charge in [-0.25, -0.2) is 4.98 Å². The lowest BCUT2D eigenvalue weighted by molar-refractivity contribution is -0.120. The highest BCUT2D eigenvalue weighted by Gasteiger charge is 2.26. The Labute approximate surface area is 185 Å². The number of nitrogens with zero attached hydrogens (tertiary/aromatic N) is 2. The maximum absolute atomic E-state index is 12.2. The van der Waals surface area contributed by atoms with Crippen molar-refractivity contribution in [2.75, 3.05) is 38.5 Å². The molecule has 160 valence electrons. The molecule has 2 aliphatic heterocycles. The minimum Gasteiger partial charge on any atom is -0.486 e. The number of halogens is 1. The SMILES string of the molecule is Nc1ncccc1CC(=O)NCC1CCN(CC2COc3ccc(Br)cc3O2)CC1. The van der Waals surface area contributed by atoms with E-state index in [-0.39, 0.29) is 18.4 Å². The third-order valence-electron chi connectivity index (χ3n) is 5.66. The van der Waals surface area contributed by atoms with Gasteiger partial charge in [0, 0.05) is 29.3 Å². The molecule has 0 saturated carbocycles. The second-order valence-electron chi connectivity index (χ2n) is 7.91. The predicted octanol–water partition coefficient (Wildman–Crippen LogP) is 2.64. The highest BCUT2D eigenvalue weighted by atomic mass is 79.9. The molecule has 1 amide bonds. The zero-order valence-electron chi connectivity index (χ0n) is 16.9. The minimum absolute atomic E-state index is 0.00490. The zero-order chi connectivity index (χ0) is 20.9. The van der Waals surface area contributed by atoms with Gasteiger partial charge in [-0.1, -0.05) is 22.0 Å². The van der Waals surface area contributed by atoms with Crippen molar-refractivity contribution >= 4 is 27.7 Å². The molecule has 3 N–H and O–H groups in total. The van der Waals surface area contributed by atoms with Crippen LogP contribution >= 0.6 is 15.9 Å². The van der Waals surface area contributed by atoms with Crippen molar-refractivity contribution in [3.63, 3.8) is 0 Å². The second kappa shape index (κ2) is 9.66. The highest BCUT2D eigenvalue weighted by molar-refractivity contribution is 9.10. The molecule has 1 atom stereocenters. The van der Waals surface area contributed by atoms with Crippen LogP contribution in [0, 0.1) is 5.92 Å². The lowest BCUT2D eigenvalue weighted by Gasteiger charge is -2.35. The Kier molecular flexibility index (Phi) is 6.74. The highest BCUT2D eigenvalue weighted by Crippen LogP contribution is 2.34. The Hall–Kier alpha value is -2.32. The standard InChI is InChI=1S/C22H27BrN4O3/c23-17-3-4-19-20(11-17)30-18(14-29-19)13-27-8-5-15(6-9-27)12-26-21(28)10-16-2-1-7-25-22(16)24/h1-4,7,11,15,18H,5-6,8-10,12-14H2,(H2,24,25)(H,26,28). The molecule has 1 aromatic heterocycles. The van der Waals surface area contributed by atoms with Crippen molar-refractivity contribution in [2.45, 2.75) is 25.4 Å². The molecule has 2 aromatic rings. The summed E-state index contributed by atoms with van der Waals surface area (Å²) in [5.41, 5.74) is 6.59. The molecule has 0 spiro atoms. The number of nitrogens with one attached hydrogen (secondary N) is 1. The lowest BCUT2D eigenvalue weighted by Crippen LogP contribution is -2.45. The molecule has 0 bridgehead atoms. The molecule has 3 heterocycles. The first-order valence-electron chi connectivity index (χ1n) is 10.3. The van der Waals surface area contributed by atoms with E-state index in [4.69, 9.17) is 15.2 Å². The van der Waals surface area contributed by atoms with E-state index in [1.165, 1.54) is 0 Å². The molecule has 2 aliphatic rings. The van der Waals surface area contributed by atoms with Crippen molar-refractivity contribution in [3.8, 4) is 11.5 Å². The number of carbonyl (C=O) groups is 1. The van der Waals surface area contributed by atoms with Crippen molar-refractivity contribution in [1.82, 2.24) is 15.2 Å². The summed E-state index contributed by atoms with van der Waals surface area (Å²) in [4.78, 5) is 18.7. The fourth-order valence-electron chi connectivity index (χ4n) is 3.93. The van der Waals surface area contributed by atoms with Crippen LogP contribution in [0.2, 0.25) is 0 Å². The maximum Gasteiger partial charge on any atom is 0.224 e. The predicted molar refractivity (Wildman–Crippen MR) is 119 cm³/mol. The summed E-state index contributed by atoms with van der Waals surface area (Å²) in [5, 5.41) is 3.05. The van der Waals surface area contributed by atoms with Gasteiger partial charge >= 0.3 is 0 Å². The van der Waals surface area contributed by atoms with Gasteiger partial charge in [-0.05, 0) is 56.1 Å². The molecule has 30 heavy (non-hydrogen) atoms. The molecule has 8 heteroatoms. The quantitative estimate of drug-likeness (QED) is 0.668. The summed E-state index contributed by atoms with van der Waals surface area (Å²) in [6.07, 6.45) is 4.06. The number of hydrogen-bond donors (Lipinski definition) is 2. The Morgan fingerprint density at radius 1 is 1.27 bits per heavy atom. The molecule has 1 saturated heterocycles. The molecule has 0 aliphatic carbocycles. The van der Waals surface area contributed by atoms with Crippen molar-refractivity contribution in [2.24, 2.45) is 5.92 Å². The number of amides is 1. The Bertz CT molecular complexity index is 886. The number of nitrogen functional groups attached to an aromatic ring is 1. The van der Waals surface area contributed by atoms with Crippen LogP contribution < -0.4 is 20.5 Å². The molecule has 1 unspecified atom stereocenters. The van der Waals surface area contributed by atoms with Crippen LogP contribution in [0.1, 0.15) is 18.4 Å². The van der Waals surface area contributed by atoms with E-state index >= 15 is 0 Å². The van der Waals surface area contributed by atoms with Crippen LogP contribution in [0.15, 0.2) is 41.0 Å². The van der Waals surface area contributed by atoms with Crippen LogP contribution in [-0.2, 0) is 11.2 Å². The van der Waals surface area contributed by atoms with Gasteiger partial charge in [-0.15, -0.1) is 0 Å². The molecule has 0 radical (unpaired) electrons. The number of hydrogen-bond acceptors (Lipinski definition) is 6. The minimum atomic E-state index is -0.00490. The Balaban J connectivity index is 1.17. The first-order chi connectivity index (χ1) is 14.6. The monoisotopic (exact) mass is 474 g/mol. The van der Waals surface area contributed by atoms with E-state index in [9.17, 15) is 4.79 Å². The number of pyridine rings is 1. The van der Waals surface area contributed by atoms with E-state index < -0.39 is 0 Å². The topological polar surface area (TPSA) is 89.7 Å². The number of carbonyl (C=O) groups excluding carboxylic acids is 1. The Morgan fingerprint density at radius 2 is 2.10 bits per heavy atom. The zero-order valence-corrected chi connectivity index (χ0v) is 18.4. The van der Waals surface area contributed by atoms with E-state index in [1.54, 1.807) is 12.3 Å². The number of fused-ring (bicyclic) bond motifs is 1. The number of likely N-dealkylation sites (tertiary alicyclic amines) is 1. The molecule has 1 fully saturated rings. The third-order valence-corrected chi connectivity index (χ3v) is 6.15. The average Bonchev–Trinajstić information content (AvgIpc) is 2.75. The summed E-state index contributed by atoms with van der Waals surface area (Å²) < 4.78 is 12.9. The van der Waals surface area contributed by atoms with Gasteiger partial charge in [-0.3, -0.25) is 9.69 Å². The molecule has 1 aromatic carbocycles. The van der Waals surface area contributed by atoms with E-state index in [1.807, 2.05) is 24.3 Å².